The van der Waals surface area contributed by atoms with E-state index < -0.39 is 0 Å². The Kier molecular flexibility index (Phi) is 5.50. The number of anilines is 2. The Morgan fingerprint density at radius 2 is 1.72 bits per heavy atom. The van der Waals surface area contributed by atoms with Gasteiger partial charge in [-0.1, -0.05) is 6.92 Å². The quantitative estimate of drug-likeness (QED) is 0.600. The van der Waals surface area contributed by atoms with E-state index in [0.717, 1.165) is 12.1 Å². The van der Waals surface area contributed by atoms with Gasteiger partial charge in [0.1, 0.15) is 0 Å². The Hall–Kier alpha value is -2.24. The molecule has 0 bridgehead atoms. The zero-order chi connectivity index (χ0) is 13.4. The number of nitrogens with one attached hydrogen (secondary N) is 4. The van der Waals surface area contributed by atoms with Crippen LogP contribution in [0.5, 0.6) is 0 Å². The maximum atomic E-state index is 11.4. The normalized spacial score (nSPS) is 9.44. The van der Waals surface area contributed by atoms with Crippen molar-refractivity contribution in [2.24, 2.45) is 0 Å². The minimum absolute atomic E-state index is 0.170. The van der Waals surface area contributed by atoms with E-state index in [1.54, 1.807) is 24.3 Å². The third kappa shape index (κ3) is 5.20. The van der Waals surface area contributed by atoms with Crippen molar-refractivity contribution in [2.75, 3.05) is 17.3 Å². The SMILES string of the molecule is CCCNC(=O)Nc1ccc(NNC(C)=O)cc1. The van der Waals surface area contributed by atoms with E-state index in [4.69, 9.17) is 0 Å². The maximum absolute atomic E-state index is 11.4. The molecule has 3 amide bonds. The predicted molar refractivity (Wildman–Crippen MR) is 71.2 cm³/mol. The van der Waals surface area contributed by atoms with Crippen LogP contribution >= 0.6 is 0 Å². The van der Waals surface area contributed by atoms with E-state index in [2.05, 4.69) is 21.5 Å². The summed E-state index contributed by atoms with van der Waals surface area (Å²) < 4.78 is 0. The van der Waals surface area contributed by atoms with Crippen molar-refractivity contribution < 1.29 is 9.59 Å². The summed E-state index contributed by atoms with van der Waals surface area (Å²) in [4.78, 5) is 22.1. The summed E-state index contributed by atoms with van der Waals surface area (Å²) in [6, 6.07) is 6.78. The van der Waals surface area contributed by atoms with Crippen LogP contribution in [0.1, 0.15) is 20.3 Å². The third-order valence-electron chi connectivity index (χ3n) is 2.06. The van der Waals surface area contributed by atoms with Crippen LogP contribution in [0, 0.1) is 0 Å². The lowest BCUT2D eigenvalue weighted by molar-refractivity contribution is -0.118. The number of amides is 3. The fourth-order valence-electron chi connectivity index (χ4n) is 1.21. The van der Waals surface area contributed by atoms with Gasteiger partial charge in [-0.3, -0.25) is 15.6 Å². The molecule has 6 nitrogen and oxygen atoms in total. The molecule has 0 heterocycles. The van der Waals surface area contributed by atoms with Gasteiger partial charge in [-0.2, -0.15) is 0 Å². The van der Waals surface area contributed by atoms with E-state index in [1.165, 1.54) is 6.92 Å². The number of carbonyl (C=O) groups is 2. The summed E-state index contributed by atoms with van der Waals surface area (Å²) in [6.07, 6.45) is 0.896. The van der Waals surface area contributed by atoms with Crippen molar-refractivity contribution >= 4 is 23.3 Å². The monoisotopic (exact) mass is 250 g/mol. The topological polar surface area (TPSA) is 82.3 Å². The number of benzene rings is 1. The lowest BCUT2D eigenvalue weighted by Gasteiger charge is -2.09. The van der Waals surface area contributed by atoms with Crippen LogP contribution in [0.3, 0.4) is 0 Å². The van der Waals surface area contributed by atoms with Crippen molar-refractivity contribution in [3.8, 4) is 0 Å². The van der Waals surface area contributed by atoms with Crippen molar-refractivity contribution in [1.82, 2.24) is 10.7 Å². The molecule has 18 heavy (non-hydrogen) atoms. The summed E-state index contributed by atoms with van der Waals surface area (Å²) >= 11 is 0. The molecule has 0 saturated heterocycles. The van der Waals surface area contributed by atoms with Crippen LogP contribution in [0.25, 0.3) is 0 Å². The Morgan fingerprint density at radius 1 is 1.11 bits per heavy atom. The molecular formula is C12H18N4O2. The standard InChI is InChI=1S/C12H18N4O2/c1-3-8-13-12(18)14-10-4-6-11(7-5-10)16-15-9(2)17/h4-7,16H,3,8H2,1-2H3,(H,15,17)(H2,13,14,18). The first-order chi connectivity index (χ1) is 8.61. The fourth-order valence-corrected chi connectivity index (χ4v) is 1.21. The molecule has 1 rings (SSSR count). The van der Waals surface area contributed by atoms with E-state index in [9.17, 15) is 9.59 Å². The van der Waals surface area contributed by atoms with Crippen molar-refractivity contribution in [2.45, 2.75) is 20.3 Å². The summed E-state index contributed by atoms with van der Waals surface area (Å²) in [5.41, 5.74) is 6.62. The molecule has 0 fully saturated rings. The molecule has 0 aliphatic rings. The summed E-state index contributed by atoms with van der Waals surface area (Å²) in [5, 5.41) is 5.42. The Morgan fingerprint density at radius 3 is 2.28 bits per heavy atom. The molecule has 1 aromatic rings. The number of hydrogen-bond acceptors (Lipinski definition) is 3. The van der Waals surface area contributed by atoms with Crippen LogP contribution in [-0.4, -0.2) is 18.5 Å². The molecular weight excluding hydrogens is 232 g/mol. The lowest BCUT2D eigenvalue weighted by atomic mass is 10.3. The second kappa shape index (κ2) is 7.16. The van der Waals surface area contributed by atoms with E-state index in [0.29, 0.717) is 12.2 Å². The number of carbonyl (C=O) groups excluding carboxylic acids is 2. The summed E-state index contributed by atoms with van der Waals surface area (Å²) in [7, 11) is 0. The van der Waals surface area contributed by atoms with Crippen molar-refractivity contribution in [3.63, 3.8) is 0 Å². The van der Waals surface area contributed by atoms with Gasteiger partial charge in [0.05, 0.1) is 5.69 Å². The Labute approximate surface area is 106 Å². The highest BCUT2D eigenvalue weighted by atomic mass is 16.2. The van der Waals surface area contributed by atoms with Crippen LogP contribution in [0.4, 0.5) is 16.2 Å². The molecule has 0 aromatic heterocycles. The number of hydrazine groups is 1. The first kappa shape index (κ1) is 13.8. The van der Waals surface area contributed by atoms with Crippen molar-refractivity contribution in [1.29, 1.82) is 0 Å². The van der Waals surface area contributed by atoms with Gasteiger partial charge in [-0.25, -0.2) is 4.79 Å². The first-order valence-corrected chi connectivity index (χ1v) is 5.79. The van der Waals surface area contributed by atoms with Crippen LogP contribution in [-0.2, 0) is 4.79 Å². The van der Waals surface area contributed by atoms with Crippen LogP contribution in [0.2, 0.25) is 0 Å². The highest BCUT2D eigenvalue weighted by molar-refractivity contribution is 5.89. The van der Waals surface area contributed by atoms with Gasteiger partial charge in [0, 0.05) is 19.2 Å². The highest BCUT2D eigenvalue weighted by Crippen LogP contribution is 2.12. The number of rotatable bonds is 5. The van der Waals surface area contributed by atoms with Gasteiger partial charge in [0.25, 0.3) is 0 Å². The summed E-state index contributed by atoms with van der Waals surface area (Å²) in [6.45, 7) is 4.05. The highest BCUT2D eigenvalue weighted by Gasteiger charge is 2.00. The first-order valence-electron chi connectivity index (χ1n) is 5.79. The van der Waals surface area contributed by atoms with Gasteiger partial charge in [0.2, 0.25) is 5.91 Å². The molecule has 0 unspecified atom stereocenters. The molecule has 6 heteroatoms. The predicted octanol–water partition coefficient (Wildman–Crippen LogP) is 1.68. The molecule has 0 aliphatic carbocycles. The van der Waals surface area contributed by atoms with E-state index in [1.807, 2.05) is 6.92 Å². The average Bonchev–Trinajstić information content (AvgIpc) is 2.35. The zero-order valence-corrected chi connectivity index (χ0v) is 10.5. The van der Waals surface area contributed by atoms with Crippen molar-refractivity contribution in [3.05, 3.63) is 24.3 Å². The van der Waals surface area contributed by atoms with Crippen LogP contribution in [0.15, 0.2) is 24.3 Å². The van der Waals surface area contributed by atoms with Crippen LogP contribution < -0.4 is 21.5 Å². The third-order valence-corrected chi connectivity index (χ3v) is 2.06. The zero-order valence-electron chi connectivity index (χ0n) is 10.5. The molecule has 0 atom stereocenters. The molecule has 4 N–H and O–H groups in total. The molecule has 1 aromatic carbocycles. The Balaban J connectivity index is 2.44. The smallest absolute Gasteiger partial charge is 0.319 e. The second-order valence-electron chi connectivity index (χ2n) is 3.76. The van der Waals surface area contributed by atoms with Gasteiger partial charge in [-0.15, -0.1) is 0 Å². The number of hydrogen-bond donors (Lipinski definition) is 4. The van der Waals surface area contributed by atoms with E-state index in [-0.39, 0.29) is 11.9 Å². The molecule has 0 saturated carbocycles. The molecule has 0 aliphatic heterocycles. The molecule has 0 spiro atoms. The fraction of sp³-hybridized carbons (Fsp3) is 0.333. The minimum Gasteiger partial charge on any atom is -0.338 e. The lowest BCUT2D eigenvalue weighted by Crippen LogP contribution is -2.29. The Bertz CT molecular complexity index is 403. The maximum Gasteiger partial charge on any atom is 0.319 e. The van der Waals surface area contributed by atoms with E-state index >= 15 is 0 Å². The molecule has 0 radical (unpaired) electrons. The van der Waals surface area contributed by atoms with Gasteiger partial charge >= 0.3 is 6.03 Å². The number of urea groups is 1. The van der Waals surface area contributed by atoms with Gasteiger partial charge < -0.3 is 10.6 Å². The largest absolute Gasteiger partial charge is 0.338 e. The average molecular weight is 250 g/mol. The second-order valence-corrected chi connectivity index (χ2v) is 3.76. The minimum atomic E-state index is -0.223. The summed E-state index contributed by atoms with van der Waals surface area (Å²) in [5.74, 6) is -0.170. The molecule has 98 valence electrons. The van der Waals surface area contributed by atoms with Gasteiger partial charge in [0.15, 0.2) is 0 Å². The van der Waals surface area contributed by atoms with Gasteiger partial charge in [-0.05, 0) is 30.7 Å².